The van der Waals surface area contributed by atoms with Crippen LogP contribution in [0.1, 0.15) is 18.5 Å². The molecule has 1 atom stereocenters. The van der Waals surface area contributed by atoms with Crippen molar-refractivity contribution in [2.45, 2.75) is 13.0 Å². The smallest absolute Gasteiger partial charge is 0.207 e. The number of hydrogen-bond acceptors (Lipinski definition) is 2. The average Bonchev–Trinajstić information content (AvgIpc) is 2.15. The first-order valence-electron chi connectivity index (χ1n) is 4.01. The summed E-state index contributed by atoms with van der Waals surface area (Å²) >= 11 is 0. The van der Waals surface area contributed by atoms with Crippen LogP contribution in [0.4, 0.5) is 0 Å². The van der Waals surface area contributed by atoms with E-state index in [0.29, 0.717) is 6.41 Å². The number of nitrogens with one attached hydrogen (secondary N) is 1. The molecule has 0 aliphatic heterocycles. The van der Waals surface area contributed by atoms with E-state index in [0.717, 1.165) is 5.56 Å². The van der Waals surface area contributed by atoms with Crippen LogP contribution < -0.4 is 5.32 Å². The van der Waals surface area contributed by atoms with Gasteiger partial charge in [0, 0.05) is 0 Å². The monoisotopic (exact) mass is 177 g/mol. The maximum Gasteiger partial charge on any atom is 0.207 e. The molecule has 0 aromatic heterocycles. The summed E-state index contributed by atoms with van der Waals surface area (Å²) < 4.78 is 0. The predicted octanol–water partition coefficient (Wildman–Crippen LogP) is 1.06. The van der Waals surface area contributed by atoms with E-state index in [-0.39, 0.29) is 5.78 Å². The Balaban J connectivity index is 2.88. The van der Waals surface area contributed by atoms with Crippen molar-refractivity contribution in [3.63, 3.8) is 0 Å². The van der Waals surface area contributed by atoms with Crippen LogP contribution in [0.3, 0.4) is 0 Å². The highest BCUT2D eigenvalue weighted by atomic mass is 16.1. The third kappa shape index (κ3) is 2.40. The van der Waals surface area contributed by atoms with Gasteiger partial charge in [-0.3, -0.25) is 9.59 Å². The molecule has 0 spiro atoms. The van der Waals surface area contributed by atoms with Gasteiger partial charge in [0.25, 0.3) is 0 Å². The molecular weight excluding hydrogens is 166 g/mol. The highest BCUT2D eigenvalue weighted by Crippen LogP contribution is 2.12. The van der Waals surface area contributed by atoms with Gasteiger partial charge < -0.3 is 5.32 Å². The van der Waals surface area contributed by atoms with Crippen molar-refractivity contribution in [2.24, 2.45) is 0 Å². The molecule has 3 heteroatoms. The SMILES string of the molecule is CC(=O)[C@H](NC=O)c1ccccc1. The van der Waals surface area contributed by atoms with Crippen molar-refractivity contribution in [3.8, 4) is 0 Å². The number of benzene rings is 1. The first-order chi connectivity index (χ1) is 6.25. The van der Waals surface area contributed by atoms with Crippen molar-refractivity contribution in [1.82, 2.24) is 5.32 Å². The molecule has 0 heterocycles. The Morgan fingerprint density at radius 3 is 2.46 bits per heavy atom. The number of carbonyl (C=O) groups excluding carboxylic acids is 2. The number of amides is 1. The molecular formula is C10H11NO2. The topological polar surface area (TPSA) is 46.2 Å². The van der Waals surface area contributed by atoms with E-state index in [1.807, 2.05) is 30.3 Å². The van der Waals surface area contributed by atoms with Gasteiger partial charge >= 0.3 is 0 Å². The Kier molecular flexibility index (Phi) is 3.20. The van der Waals surface area contributed by atoms with E-state index >= 15 is 0 Å². The fraction of sp³-hybridized carbons (Fsp3) is 0.200. The Hall–Kier alpha value is -1.64. The summed E-state index contributed by atoms with van der Waals surface area (Å²) in [6, 6.07) is 8.63. The van der Waals surface area contributed by atoms with Crippen molar-refractivity contribution < 1.29 is 9.59 Å². The quantitative estimate of drug-likeness (QED) is 0.699. The summed E-state index contributed by atoms with van der Waals surface area (Å²) in [7, 11) is 0. The molecule has 3 nitrogen and oxygen atoms in total. The molecule has 0 fully saturated rings. The van der Waals surface area contributed by atoms with Gasteiger partial charge in [-0.2, -0.15) is 0 Å². The maximum atomic E-state index is 11.1. The van der Waals surface area contributed by atoms with E-state index in [1.165, 1.54) is 6.92 Å². The third-order valence-electron chi connectivity index (χ3n) is 1.77. The molecule has 0 aliphatic carbocycles. The van der Waals surface area contributed by atoms with Crippen LogP contribution >= 0.6 is 0 Å². The maximum absolute atomic E-state index is 11.1. The summed E-state index contributed by atoms with van der Waals surface area (Å²) in [4.78, 5) is 21.3. The van der Waals surface area contributed by atoms with E-state index in [4.69, 9.17) is 0 Å². The second-order valence-corrected chi connectivity index (χ2v) is 2.74. The van der Waals surface area contributed by atoms with Crippen LogP contribution in [0.25, 0.3) is 0 Å². The van der Waals surface area contributed by atoms with E-state index in [2.05, 4.69) is 5.32 Å². The van der Waals surface area contributed by atoms with Crippen molar-refractivity contribution in [2.75, 3.05) is 0 Å². The second-order valence-electron chi connectivity index (χ2n) is 2.74. The van der Waals surface area contributed by atoms with E-state index < -0.39 is 6.04 Å². The largest absolute Gasteiger partial charge is 0.345 e. The molecule has 1 N–H and O–H groups in total. The minimum Gasteiger partial charge on any atom is -0.345 e. The zero-order valence-electron chi connectivity index (χ0n) is 7.36. The summed E-state index contributed by atoms with van der Waals surface area (Å²) in [6.07, 6.45) is 0.541. The molecule has 1 amide bonds. The molecule has 1 rings (SSSR count). The zero-order valence-corrected chi connectivity index (χ0v) is 7.36. The normalized spacial score (nSPS) is 11.8. The van der Waals surface area contributed by atoms with Crippen LogP contribution in [0, 0.1) is 0 Å². The lowest BCUT2D eigenvalue weighted by Gasteiger charge is -2.12. The summed E-state index contributed by atoms with van der Waals surface area (Å²) in [5.74, 6) is -0.0710. The first-order valence-corrected chi connectivity index (χ1v) is 4.01. The first kappa shape index (κ1) is 9.45. The molecule has 0 bridgehead atoms. The lowest BCUT2D eigenvalue weighted by Crippen LogP contribution is -2.25. The number of hydrogen-bond donors (Lipinski definition) is 1. The van der Waals surface area contributed by atoms with Gasteiger partial charge in [0.2, 0.25) is 6.41 Å². The number of ketones is 1. The van der Waals surface area contributed by atoms with Crippen LogP contribution in [-0.4, -0.2) is 12.2 Å². The lowest BCUT2D eigenvalue weighted by atomic mass is 10.0. The van der Waals surface area contributed by atoms with Gasteiger partial charge in [0.1, 0.15) is 6.04 Å². The number of Topliss-reactive ketones (excluding diaryl/α,β-unsaturated/α-hetero) is 1. The molecule has 0 saturated heterocycles. The summed E-state index contributed by atoms with van der Waals surface area (Å²) in [5.41, 5.74) is 0.808. The Morgan fingerprint density at radius 1 is 1.38 bits per heavy atom. The minimum atomic E-state index is -0.515. The summed E-state index contributed by atoms with van der Waals surface area (Å²) in [6.45, 7) is 1.45. The van der Waals surface area contributed by atoms with Crippen LogP contribution in [0.5, 0.6) is 0 Å². The van der Waals surface area contributed by atoms with Crippen LogP contribution in [0.2, 0.25) is 0 Å². The molecule has 0 unspecified atom stereocenters. The highest BCUT2D eigenvalue weighted by molar-refractivity contribution is 5.84. The molecule has 1 aromatic carbocycles. The van der Waals surface area contributed by atoms with Gasteiger partial charge in [-0.1, -0.05) is 30.3 Å². The Labute approximate surface area is 76.8 Å². The van der Waals surface area contributed by atoms with Crippen LogP contribution in [0.15, 0.2) is 30.3 Å². The van der Waals surface area contributed by atoms with Gasteiger partial charge in [-0.15, -0.1) is 0 Å². The number of carbonyl (C=O) groups is 2. The van der Waals surface area contributed by atoms with E-state index in [9.17, 15) is 9.59 Å². The Morgan fingerprint density at radius 2 is 2.00 bits per heavy atom. The van der Waals surface area contributed by atoms with Gasteiger partial charge in [0.15, 0.2) is 5.78 Å². The van der Waals surface area contributed by atoms with Crippen molar-refractivity contribution in [3.05, 3.63) is 35.9 Å². The average molecular weight is 177 g/mol. The lowest BCUT2D eigenvalue weighted by molar-refractivity contribution is -0.122. The van der Waals surface area contributed by atoms with Crippen LogP contribution in [-0.2, 0) is 9.59 Å². The highest BCUT2D eigenvalue weighted by Gasteiger charge is 2.14. The second kappa shape index (κ2) is 4.40. The molecule has 1 aromatic rings. The molecule has 13 heavy (non-hydrogen) atoms. The molecule has 0 aliphatic rings. The van der Waals surface area contributed by atoms with Gasteiger partial charge in [-0.25, -0.2) is 0 Å². The Bertz CT molecular complexity index is 295. The summed E-state index contributed by atoms with van der Waals surface area (Å²) in [5, 5.41) is 2.47. The minimum absolute atomic E-state index is 0.0710. The molecule has 0 radical (unpaired) electrons. The fourth-order valence-corrected chi connectivity index (χ4v) is 1.16. The van der Waals surface area contributed by atoms with Gasteiger partial charge in [-0.05, 0) is 12.5 Å². The van der Waals surface area contributed by atoms with Crippen molar-refractivity contribution in [1.29, 1.82) is 0 Å². The fourth-order valence-electron chi connectivity index (χ4n) is 1.16. The third-order valence-corrected chi connectivity index (χ3v) is 1.77. The standard InChI is InChI=1S/C10H11NO2/c1-8(13)10(11-7-12)9-5-3-2-4-6-9/h2-7,10H,1H3,(H,11,12)/t10-/m0/s1. The van der Waals surface area contributed by atoms with E-state index in [1.54, 1.807) is 0 Å². The number of rotatable bonds is 4. The predicted molar refractivity (Wildman–Crippen MR) is 49.1 cm³/mol. The molecule has 68 valence electrons. The zero-order chi connectivity index (χ0) is 9.68. The van der Waals surface area contributed by atoms with Gasteiger partial charge in [0.05, 0.1) is 0 Å². The molecule has 0 saturated carbocycles. The van der Waals surface area contributed by atoms with Crippen molar-refractivity contribution >= 4 is 12.2 Å².